The number of halogens is 12. The average molecular weight is 1060 g/mol. The standard InChI is InChI=1S/C58H35F12N7/c59-44-41(45(60)51(66)56(50(44)65)71-24-27-10-4-1-5-11-27)38-32-18-16-30(74-32)31-17-19-33(75-31)39(42-46(61)52(67)57(53(68)47(42)62)72-25-28-12-6-2-7-13-28)35-21-23-37(77-35)40(36-22-20-34(38)76-36)43-48(63)54(69)58(55(70)49(43)64)73-26-29-14-8-3-9-15-29/h1-23,71-76H,24-26H2. The molecule has 7 nitrogen and oxygen atoms in total. The molecule has 386 valence electrons. The monoisotopic (exact) mass is 1060 g/mol. The third-order valence-corrected chi connectivity index (χ3v) is 13.1. The summed E-state index contributed by atoms with van der Waals surface area (Å²) < 4.78 is 198. The second kappa shape index (κ2) is 20.0. The maximum Gasteiger partial charge on any atom is 0.185 e. The molecule has 0 atom stereocenters. The topological polar surface area (TPSA) is 96.3 Å². The first-order valence-electron chi connectivity index (χ1n) is 23.5. The van der Waals surface area contributed by atoms with Crippen molar-refractivity contribution >= 4 is 62.3 Å². The highest BCUT2D eigenvalue weighted by Crippen LogP contribution is 2.44. The predicted molar refractivity (Wildman–Crippen MR) is 272 cm³/mol. The van der Waals surface area contributed by atoms with Gasteiger partial charge in [-0.1, -0.05) is 91.0 Å². The van der Waals surface area contributed by atoms with Crippen LogP contribution in [0, 0.1) is 69.8 Å². The van der Waals surface area contributed by atoms with Gasteiger partial charge in [0.1, 0.15) is 17.1 Å². The fourth-order valence-electron chi connectivity index (χ4n) is 9.32. The fourth-order valence-corrected chi connectivity index (χ4v) is 9.32. The minimum atomic E-state index is -2.00. The van der Waals surface area contributed by atoms with Crippen molar-refractivity contribution in [1.82, 2.24) is 19.9 Å². The summed E-state index contributed by atoms with van der Waals surface area (Å²) in [5, 5.41) is 7.15. The number of rotatable bonds is 12. The van der Waals surface area contributed by atoms with Crippen molar-refractivity contribution in [3.05, 3.63) is 225 Å². The van der Waals surface area contributed by atoms with Gasteiger partial charge in [-0.25, -0.2) is 57.7 Å². The van der Waals surface area contributed by atoms with E-state index in [-0.39, 0.29) is 41.7 Å². The molecule has 10 aromatic rings. The maximum absolute atomic E-state index is 16.9. The number of hydrogen-bond acceptors (Lipinski definition) is 4. The van der Waals surface area contributed by atoms with Gasteiger partial charge in [0.2, 0.25) is 0 Å². The minimum absolute atomic E-state index is 0.0573. The summed E-state index contributed by atoms with van der Waals surface area (Å²) in [4.78, 5) is 12.9. The number of nitrogens with one attached hydrogen (secondary N) is 6. The van der Waals surface area contributed by atoms with Crippen molar-refractivity contribution in [3.63, 3.8) is 0 Å². The fraction of sp³-hybridized carbons (Fsp3) is 0.0517. The van der Waals surface area contributed by atoms with Crippen molar-refractivity contribution in [2.75, 3.05) is 16.0 Å². The van der Waals surface area contributed by atoms with Crippen molar-refractivity contribution in [1.29, 1.82) is 0 Å². The second-order valence-electron chi connectivity index (χ2n) is 17.7. The number of aromatic amines is 3. The lowest BCUT2D eigenvalue weighted by atomic mass is 10.0. The van der Waals surface area contributed by atoms with E-state index in [2.05, 4.69) is 35.9 Å². The molecule has 0 spiro atoms. The zero-order valence-corrected chi connectivity index (χ0v) is 39.4. The Labute approximate surface area is 427 Å². The van der Waals surface area contributed by atoms with Crippen LogP contribution < -0.4 is 16.0 Å². The van der Waals surface area contributed by atoms with E-state index >= 15 is 52.7 Å². The molecule has 19 heteroatoms. The van der Waals surface area contributed by atoms with E-state index in [1.807, 2.05) is 0 Å². The minimum Gasteiger partial charge on any atom is -0.376 e. The Bertz CT molecular complexity index is 4050. The van der Waals surface area contributed by atoms with Gasteiger partial charge in [-0.2, -0.15) is 0 Å². The highest BCUT2D eigenvalue weighted by atomic mass is 19.2. The summed E-state index contributed by atoms with van der Waals surface area (Å²) in [5.41, 5.74) is -10.6. The molecule has 77 heavy (non-hydrogen) atoms. The molecule has 6 aromatic carbocycles. The first-order valence-corrected chi connectivity index (χ1v) is 23.5. The molecule has 0 saturated heterocycles. The molecule has 4 aromatic heterocycles. The molecule has 11 rings (SSSR count). The number of benzene rings is 6. The van der Waals surface area contributed by atoms with E-state index in [0.717, 1.165) is 24.3 Å². The smallest absolute Gasteiger partial charge is 0.185 e. The van der Waals surface area contributed by atoms with Crippen LogP contribution in [0.5, 0.6) is 0 Å². The lowest BCUT2D eigenvalue weighted by molar-refractivity contribution is 0.462. The van der Waals surface area contributed by atoms with Crippen LogP contribution >= 0.6 is 0 Å². The van der Waals surface area contributed by atoms with Crippen LogP contribution in [-0.2, 0) is 19.6 Å². The lowest BCUT2D eigenvalue weighted by Crippen LogP contribution is -2.10. The lowest BCUT2D eigenvalue weighted by Gasteiger charge is -2.15. The van der Waals surface area contributed by atoms with Crippen molar-refractivity contribution in [2.24, 2.45) is 0 Å². The summed E-state index contributed by atoms with van der Waals surface area (Å²) in [6.45, 7) is -0.811. The molecule has 0 unspecified atom stereocenters. The Morgan fingerprint density at radius 2 is 0.519 bits per heavy atom. The number of nitrogens with zero attached hydrogens (tertiary/aromatic N) is 1. The molecule has 1 aliphatic rings. The summed E-state index contributed by atoms with van der Waals surface area (Å²) >= 11 is 0. The molecular formula is C58H35F12N7. The van der Waals surface area contributed by atoms with E-state index in [9.17, 15) is 0 Å². The van der Waals surface area contributed by atoms with E-state index in [1.165, 1.54) is 24.3 Å². The zero-order chi connectivity index (χ0) is 53.8. The molecule has 0 radical (unpaired) electrons. The normalized spacial score (nSPS) is 11.7. The van der Waals surface area contributed by atoms with Crippen LogP contribution in [0.2, 0.25) is 0 Å². The molecule has 8 bridgehead atoms. The Morgan fingerprint density at radius 1 is 0.273 bits per heavy atom. The largest absolute Gasteiger partial charge is 0.376 e. The molecule has 0 amide bonds. The van der Waals surface area contributed by atoms with Gasteiger partial charge in [-0.15, -0.1) is 0 Å². The SMILES string of the molecule is Fc1c(F)c(-c2c3nc(c(-c4c(F)c(F)c(NCc5ccccc5)c(F)c4F)c4ccc([nH]4)c4ccc([nH]4)c(-c4c(F)c(F)c(NCc5ccccc5)c(F)c4F)c4ccc2[nH]4)C=C3)c(F)c(F)c1NCc1ccccc1. The van der Waals surface area contributed by atoms with Crippen LogP contribution in [0.25, 0.3) is 78.6 Å². The highest BCUT2D eigenvalue weighted by Gasteiger charge is 2.33. The van der Waals surface area contributed by atoms with Crippen LogP contribution in [-0.4, -0.2) is 19.9 Å². The van der Waals surface area contributed by atoms with E-state index in [4.69, 9.17) is 0 Å². The van der Waals surface area contributed by atoms with Gasteiger partial charge in [0, 0.05) is 58.4 Å². The molecule has 1 aliphatic heterocycles. The number of aromatic nitrogens is 4. The maximum atomic E-state index is 16.9. The number of fused-ring (bicyclic) bond motifs is 9. The number of hydrogen-bond donors (Lipinski definition) is 6. The summed E-state index contributed by atoms with van der Waals surface area (Å²) in [6, 6.07) is 31.6. The molecule has 0 saturated carbocycles. The van der Waals surface area contributed by atoms with Gasteiger partial charge in [0.15, 0.2) is 69.8 Å². The zero-order valence-electron chi connectivity index (χ0n) is 39.4. The number of H-pyrrole nitrogens is 3. The molecule has 0 fully saturated rings. The molecule has 5 heterocycles. The van der Waals surface area contributed by atoms with Gasteiger partial charge in [-0.05, 0) is 65.2 Å². The molecular weight excluding hydrogens is 1020 g/mol. The Kier molecular flexibility index (Phi) is 13.0. The van der Waals surface area contributed by atoms with E-state index < -0.39 is 143 Å². The Hall–Kier alpha value is -9.39. The van der Waals surface area contributed by atoms with E-state index in [1.54, 1.807) is 91.0 Å². The van der Waals surface area contributed by atoms with Gasteiger partial charge in [-0.3, -0.25) is 0 Å². The Morgan fingerprint density at radius 3 is 0.818 bits per heavy atom. The molecule has 6 N–H and O–H groups in total. The van der Waals surface area contributed by atoms with Gasteiger partial charge < -0.3 is 30.9 Å². The predicted octanol–water partition coefficient (Wildman–Crippen LogP) is 16.2. The summed E-state index contributed by atoms with van der Waals surface area (Å²) in [5.74, 6) is -22.8. The van der Waals surface area contributed by atoms with Crippen LogP contribution in [0.4, 0.5) is 69.7 Å². The first kappa shape index (κ1) is 49.8. The van der Waals surface area contributed by atoms with Crippen molar-refractivity contribution < 1.29 is 52.7 Å². The van der Waals surface area contributed by atoms with Crippen molar-refractivity contribution in [2.45, 2.75) is 19.6 Å². The first-order chi connectivity index (χ1) is 37.2. The number of anilines is 3. The van der Waals surface area contributed by atoms with Crippen molar-refractivity contribution in [3.8, 4) is 33.4 Å². The van der Waals surface area contributed by atoms with Crippen LogP contribution in [0.1, 0.15) is 28.1 Å². The van der Waals surface area contributed by atoms with Gasteiger partial charge >= 0.3 is 0 Å². The summed E-state index contributed by atoms with van der Waals surface area (Å²) in [6.07, 6.45) is 2.06. The highest BCUT2D eigenvalue weighted by molar-refractivity contribution is 6.00. The third-order valence-electron chi connectivity index (χ3n) is 13.1. The third kappa shape index (κ3) is 8.81. The second-order valence-corrected chi connectivity index (χ2v) is 17.7. The van der Waals surface area contributed by atoms with Crippen LogP contribution in [0.3, 0.4) is 0 Å². The van der Waals surface area contributed by atoms with Gasteiger partial charge in [0.05, 0.1) is 39.1 Å². The quantitative estimate of drug-likeness (QED) is 0.0543. The Balaban J connectivity index is 1.20. The average Bonchev–Trinajstić information content (AvgIpc) is 4.44. The summed E-state index contributed by atoms with van der Waals surface area (Å²) in [7, 11) is 0. The molecule has 0 aliphatic carbocycles. The van der Waals surface area contributed by atoms with E-state index in [0.29, 0.717) is 16.7 Å². The van der Waals surface area contributed by atoms with Crippen LogP contribution in [0.15, 0.2) is 127 Å². The van der Waals surface area contributed by atoms with Gasteiger partial charge in [0.25, 0.3) is 0 Å².